The predicted octanol–water partition coefficient (Wildman–Crippen LogP) is 5.11. The van der Waals surface area contributed by atoms with Gasteiger partial charge >= 0.3 is 0 Å². The van der Waals surface area contributed by atoms with Crippen LogP contribution < -0.4 is 9.62 Å². The molecule has 214 valence electrons. The Kier molecular flexibility index (Phi) is 9.97. The average molecular weight is 588 g/mol. The number of amides is 2. The minimum atomic E-state index is -3.95. The Morgan fingerprint density at radius 3 is 2.23 bits per heavy atom. The number of hydrogen-bond acceptors (Lipinski definition) is 4. The van der Waals surface area contributed by atoms with E-state index < -0.39 is 45.8 Å². The Labute approximate surface area is 241 Å². The molecule has 0 heterocycles. The second kappa shape index (κ2) is 12.8. The molecule has 0 fully saturated rings. The number of benzene rings is 3. The molecule has 10 heteroatoms. The van der Waals surface area contributed by atoms with E-state index in [1.165, 1.54) is 29.2 Å². The molecule has 0 aliphatic carbocycles. The number of aryl methyl sites for hydroxylation is 1. The lowest BCUT2D eigenvalue weighted by Crippen LogP contribution is -2.56. The normalized spacial score (nSPS) is 12.5. The highest BCUT2D eigenvalue weighted by Gasteiger charge is 2.35. The molecule has 0 bridgehead atoms. The van der Waals surface area contributed by atoms with Crippen molar-refractivity contribution in [2.24, 2.45) is 0 Å². The van der Waals surface area contributed by atoms with E-state index in [1.54, 1.807) is 25.1 Å². The summed E-state index contributed by atoms with van der Waals surface area (Å²) in [5.74, 6) is -1.65. The fraction of sp³-hybridized carbons (Fsp3) is 0.333. The van der Waals surface area contributed by atoms with Crippen LogP contribution in [0.15, 0.2) is 72.8 Å². The lowest BCUT2D eigenvalue weighted by Gasteiger charge is -2.35. The first-order valence-electron chi connectivity index (χ1n) is 12.8. The number of carbonyl (C=O) groups excluding carboxylic acids is 2. The molecule has 3 aromatic rings. The third-order valence-corrected chi connectivity index (χ3v) is 7.55. The van der Waals surface area contributed by atoms with E-state index in [1.807, 2.05) is 51.1 Å². The quantitative estimate of drug-likeness (QED) is 0.357. The fourth-order valence-electron chi connectivity index (χ4n) is 4.26. The molecule has 40 heavy (non-hydrogen) atoms. The predicted molar refractivity (Wildman–Crippen MR) is 157 cm³/mol. The van der Waals surface area contributed by atoms with Crippen molar-refractivity contribution >= 4 is 39.1 Å². The minimum absolute atomic E-state index is 0.137. The molecule has 7 nitrogen and oxygen atoms in total. The van der Waals surface area contributed by atoms with Gasteiger partial charge < -0.3 is 10.2 Å². The monoisotopic (exact) mass is 587 g/mol. The zero-order valence-corrected chi connectivity index (χ0v) is 24.9. The Morgan fingerprint density at radius 1 is 1.00 bits per heavy atom. The lowest BCUT2D eigenvalue weighted by molar-refractivity contribution is -0.140. The molecule has 0 saturated carbocycles. The van der Waals surface area contributed by atoms with E-state index >= 15 is 0 Å². The van der Waals surface area contributed by atoms with Crippen LogP contribution in [0.2, 0.25) is 5.02 Å². The van der Waals surface area contributed by atoms with Gasteiger partial charge in [0.25, 0.3) is 0 Å². The van der Waals surface area contributed by atoms with Gasteiger partial charge in [0.05, 0.1) is 11.9 Å². The molecule has 0 aromatic heterocycles. The molecule has 0 unspecified atom stereocenters. The van der Waals surface area contributed by atoms with Crippen molar-refractivity contribution in [1.29, 1.82) is 0 Å². The standard InChI is InChI=1S/C30H35ClFN3O4S/c1-21-15-16-24(31)18-26(21)35(40(5,38)39)20-28(36)34(19-23-13-9-10-14-25(23)32)27(29(37)33-30(2,3)4)17-22-11-7-6-8-12-22/h6-16,18,27H,17,19-20H2,1-5H3,(H,33,37)/t27-/m0/s1. The maximum absolute atomic E-state index is 14.8. The van der Waals surface area contributed by atoms with Gasteiger partial charge in [-0.3, -0.25) is 13.9 Å². The van der Waals surface area contributed by atoms with Gasteiger partial charge in [-0.05, 0) is 57.0 Å². The molecule has 3 aromatic carbocycles. The molecule has 3 rings (SSSR count). The molecule has 2 amide bonds. The number of nitrogens with zero attached hydrogens (tertiary/aromatic N) is 2. The average Bonchev–Trinajstić information content (AvgIpc) is 2.86. The van der Waals surface area contributed by atoms with E-state index in [2.05, 4.69) is 5.32 Å². The van der Waals surface area contributed by atoms with Crippen molar-refractivity contribution in [3.63, 3.8) is 0 Å². The molecular formula is C30H35ClFN3O4S. The highest BCUT2D eigenvalue weighted by atomic mass is 35.5. The Morgan fingerprint density at radius 2 is 1.62 bits per heavy atom. The summed E-state index contributed by atoms with van der Waals surface area (Å²) in [6, 6.07) is 18.8. The molecular weight excluding hydrogens is 553 g/mol. The van der Waals surface area contributed by atoms with Crippen LogP contribution in [0.5, 0.6) is 0 Å². The summed E-state index contributed by atoms with van der Waals surface area (Å²) in [6.45, 7) is 6.32. The van der Waals surface area contributed by atoms with Crippen molar-refractivity contribution in [3.8, 4) is 0 Å². The van der Waals surface area contributed by atoms with E-state index in [4.69, 9.17) is 11.6 Å². The molecule has 1 N–H and O–H groups in total. The van der Waals surface area contributed by atoms with Crippen molar-refractivity contribution in [3.05, 3.63) is 100 Å². The largest absolute Gasteiger partial charge is 0.350 e. The van der Waals surface area contributed by atoms with Crippen molar-refractivity contribution in [1.82, 2.24) is 10.2 Å². The minimum Gasteiger partial charge on any atom is -0.350 e. The number of hydrogen-bond donors (Lipinski definition) is 1. The summed E-state index contributed by atoms with van der Waals surface area (Å²) in [6.07, 6.45) is 1.13. The van der Waals surface area contributed by atoms with Crippen LogP contribution in [0.3, 0.4) is 0 Å². The lowest BCUT2D eigenvalue weighted by atomic mass is 10.0. The van der Waals surface area contributed by atoms with Crippen LogP contribution in [-0.4, -0.2) is 49.5 Å². The summed E-state index contributed by atoms with van der Waals surface area (Å²) in [4.78, 5) is 29.0. The Bertz CT molecular complexity index is 1460. The summed E-state index contributed by atoms with van der Waals surface area (Å²) in [5.41, 5.74) is 1.20. The van der Waals surface area contributed by atoms with Crippen molar-refractivity contribution in [2.75, 3.05) is 17.1 Å². The SMILES string of the molecule is Cc1ccc(Cl)cc1N(CC(=O)N(Cc1ccccc1F)[C@@H](Cc1ccccc1)C(=O)NC(C)(C)C)S(C)(=O)=O. The number of anilines is 1. The smallest absolute Gasteiger partial charge is 0.244 e. The number of sulfonamides is 1. The highest BCUT2D eigenvalue weighted by molar-refractivity contribution is 7.92. The number of rotatable bonds is 10. The third kappa shape index (κ3) is 8.53. The van der Waals surface area contributed by atoms with E-state index in [9.17, 15) is 22.4 Å². The first kappa shape index (κ1) is 31.1. The zero-order valence-electron chi connectivity index (χ0n) is 23.3. The van der Waals surface area contributed by atoms with Crippen LogP contribution in [0.1, 0.15) is 37.5 Å². The summed E-state index contributed by atoms with van der Waals surface area (Å²) >= 11 is 6.17. The zero-order chi connectivity index (χ0) is 29.7. The van der Waals surface area contributed by atoms with Gasteiger partial charge in [0, 0.05) is 29.1 Å². The van der Waals surface area contributed by atoms with Gasteiger partial charge in [0.15, 0.2) is 0 Å². The third-order valence-electron chi connectivity index (χ3n) is 6.19. The van der Waals surface area contributed by atoms with Gasteiger partial charge in [-0.2, -0.15) is 0 Å². The number of nitrogens with one attached hydrogen (secondary N) is 1. The molecule has 0 spiro atoms. The van der Waals surface area contributed by atoms with Gasteiger partial charge in [0.2, 0.25) is 21.8 Å². The van der Waals surface area contributed by atoms with Crippen LogP contribution in [0.4, 0.5) is 10.1 Å². The fourth-order valence-corrected chi connectivity index (χ4v) is 5.33. The molecule has 1 atom stereocenters. The van der Waals surface area contributed by atoms with Crippen LogP contribution in [0, 0.1) is 12.7 Å². The Hall–Kier alpha value is -3.43. The molecule has 0 saturated heterocycles. The van der Waals surface area contributed by atoms with Gasteiger partial charge in [-0.1, -0.05) is 66.2 Å². The second-order valence-corrected chi connectivity index (χ2v) is 13.1. The maximum Gasteiger partial charge on any atom is 0.244 e. The van der Waals surface area contributed by atoms with Gasteiger partial charge in [-0.25, -0.2) is 12.8 Å². The second-order valence-electron chi connectivity index (χ2n) is 10.8. The summed E-state index contributed by atoms with van der Waals surface area (Å²) in [7, 11) is -3.95. The summed E-state index contributed by atoms with van der Waals surface area (Å²) in [5, 5.41) is 3.23. The van der Waals surface area contributed by atoms with Crippen LogP contribution in [-0.2, 0) is 32.6 Å². The van der Waals surface area contributed by atoms with Gasteiger partial charge in [0.1, 0.15) is 18.4 Å². The van der Waals surface area contributed by atoms with E-state index in [0.29, 0.717) is 10.6 Å². The highest BCUT2D eigenvalue weighted by Crippen LogP contribution is 2.27. The number of halogens is 2. The molecule has 0 aliphatic rings. The Balaban J connectivity index is 2.11. The number of carbonyl (C=O) groups is 2. The molecule has 0 radical (unpaired) electrons. The maximum atomic E-state index is 14.8. The van der Waals surface area contributed by atoms with Crippen LogP contribution in [0.25, 0.3) is 0 Å². The first-order chi connectivity index (χ1) is 18.7. The van der Waals surface area contributed by atoms with Crippen molar-refractivity contribution in [2.45, 2.75) is 52.2 Å². The first-order valence-corrected chi connectivity index (χ1v) is 15.0. The van der Waals surface area contributed by atoms with Gasteiger partial charge in [-0.15, -0.1) is 0 Å². The van der Waals surface area contributed by atoms with Crippen LogP contribution >= 0.6 is 11.6 Å². The topological polar surface area (TPSA) is 86.8 Å². The van der Waals surface area contributed by atoms with E-state index in [-0.39, 0.29) is 24.2 Å². The van der Waals surface area contributed by atoms with E-state index in [0.717, 1.165) is 16.1 Å². The molecule has 0 aliphatic heterocycles. The van der Waals surface area contributed by atoms with Crippen molar-refractivity contribution < 1.29 is 22.4 Å². The summed E-state index contributed by atoms with van der Waals surface area (Å²) < 4.78 is 41.6.